The van der Waals surface area contributed by atoms with Crippen molar-refractivity contribution < 1.29 is 14.7 Å². The Morgan fingerprint density at radius 2 is 1.94 bits per heavy atom. The van der Waals surface area contributed by atoms with Gasteiger partial charge in [0.1, 0.15) is 6.04 Å². The summed E-state index contributed by atoms with van der Waals surface area (Å²) in [4.78, 5) is 22.3. The van der Waals surface area contributed by atoms with Crippen molar-refractivity contribution in [2.45, 2.75) is 25.8 Å². The number of hydrogen-bond donors (Lipinski definition) is 2. The van der Waals surface area contributed by atoms with E-state index in [4.69, 9.17) is 16.7 Å². The van der Waals surface area contributed by atoms with Crippen LogP contribution in [0.25, 0.3) is 0 Å². The van der Waals surface area contributed by atoms with Crippen LogP contribution in [0.4, 0.5) is 0 Å². The number of benzene rings is 1. The maximum atomic E-state index is 11.6. The summed E-state index contributed by atoms with van der Waals surface area (Å²) in [6.45, 7) is 1.71. The fourth-order valence-electron chi connectivity index (χ4n) is 1.37. The van der Waals surface area contributed by atoms with E-state index in [0.29, 0.717) is 11.4 Å². The smallest absolute Gasteiger partial charge is 0.326 e. The Labute approximate surface area is 105 Å². The normalized spacial score (nSPS) is 11.9. The number of carbonyl (C=O) groups is 2. The lowest BCUT2D eigenvalue weighted by Crippen LogP contribution is -2.40. The summed E-state index contributed by atoms with van der Waals surface area (Å²) in [7, 11) is 0. The highest BCUT2D eigenvalue weighted by Gasteiger charge is 2.17. The Morgan fingerprint density at radius 1 is 1.35 bits per heavy atom. The average Bonchev–Trinajstić information content (AvgIpc) is 2.28. The van der Waals surface area contributed by atoms with Crippen LogP contribution in [-0.4, -0.2) is 23.0 Å². The Balaban J connectivity index is 2.54. The van der Waals surface area contributed by atoms with Gasteiger partial charge in [-0.15, -0.1) is 0 Å². The number of halogens is 1. The number of hydrogen-bond acceptors (Lipinski definition) is 2. The minimum atomic E-state index is -1.02. The van der Waals surface area contributed by atoms with E-state index in [1.807, 2.05) is 0 Å². The number of carboxylic acids is 1. The maximum absolute atomic E-state index is 11.6. The second-order valence-corrected chi connectivity index (χ2v) is 4.11. The Hall–Kier alpha value is -1.55. The van der Waals surface area contributed by atoms with Gasteiger partial charge >= 0.3 is 5.97 Å². The van der Waals surface area contributed by atoms with Gasteiger partial charge in [0, 0.05) is 5.02 Å². The zero-order valence-electron chi connectivity index (χ0n) is 9.44. The molecule has 0 aliphatic heterocycles. The first-order valence-corrected chi connectivity index (χ1v) is 5.67. The fraction of sp³-hybridized carbons (Fsp3) is 0.333. The van der Waals surface area contributed by atoms with Gasteiger partial charge in [-0.25, -0.2) is 4.79 Å². The molecule has 0 bridgehead atoms. The van der Waals surface area contributed by atoms with Gasteiger partial charge in [-0.3, -0.25) is 4.79 Å². The minimum Gasteiger partial charge on any atom is -0.480 e. The lowest BCUT2D eigenvalue weighted by molar-refractivity contribution is -0.141. The molecule has 1 aromatic carbocycles. The third kappa shape index (κ3) is 4.44. The lowest BCUT2D eigenvalue weighted by Gasteiger charge is -2.12. The first kappa shape index (κ1) is 13.5. The van der Waals surface area contributed by atoms with Crippen molar-refractivity contribution in [3.63, 3.8) is 0 Å². The largest absolute Gasteiger partial charge is 0.480 e. The van der Waals surface area contributed by atoms with Crippen LogP contribution in [-0.2, 0) is 16.0 Å². The van der Waals surface area contributed by atoms with Gasteiger partial charge in [-0.1, -0.05) is 30.7 Å². The summed E-state index contributed by atoms with van der Waals surface area (Å²) in [5.74, 6) is -1.32. The zero-order valence-corrected chi connectivity index (χ0v) is 10.2. The molecule has 2 N–H and O–H groups in total. The molecule has 0 spiro atoms. The Morgan fingerprint density at radius 3 is 2.41 bits per heavy atom. The predicted octanol–water partition coefficient (Wildman–Crippen LogP) is 1.86. The molecule has 1 atom stereocenters. The van der Waals surface area contributed by atoms with E-state index in [0.717, 1.165) is 5.56 Å². The molecule has 0 heterocycles. The summed E-state index contributed by atoms with van der Waals surface area (Å²) in [5.41, 5.74) is 0.798. The van der Waals surface area contributed by atoms with E-state index in [1.165, 1.54) is 0 Å². The van der Waals surface area contributed by atoms with Crippen molar-refractivity contribution in [3.05, 3.63) is 34.9 Å². The molecule has 0 saturated heterocycles. The van der Waals surface area contributed by atoms with Gasteiger partial charge in [-0.2, -0.15) is 0 Å². The molecular weight excluding hydrogens is 242 g/mol. The van der Waals surface area contributed by atoms with Crippen molar-refractivity contribution in [2.75, 3.05) is 0 Å². The number of amides is 1. The number of rotatable bonds is 5. The average molecular weight is 256 g/mol. The maximum Gasteiger partial charge on any atom is 0.326 e. The standard InChI is InChI=1S/C12H14ClNO3/c1-2-10(12(16)17)14-11(15)7-8-3-5-9(13)6-4-8/h3-6,10H,2,7H2,1H3,(H,14,15)(H,16,17). The molecule has 5 heteroatoms. The summed E-state index contributed by atoms with van der Waals surface area (Å²) in [6.07, 6.45) is 0.517. The van der Waals surface area contributed by atoms with E-state index in [-0.39, 0.29) is 12.3 Å². The van der Waals surface area contributed by atoms with Crippen LogP contribution in [0.1, 0.15) is 18.9 Å². The molecular formula is C12H14ClNO3. The Bertz CT molecular complexity index is 403. The summed E-state index contributed by atoms with van der Waals surface area (Å²) in [5, 5.41) is 11.9. The van der Waals surface area contributed by atoms with Gasteiger partial charge in [0.2, 0.25) is 5.91 Å². The first-order chi connectivity index (χ1) is 8.02. The topological polar surface area (TPSA) is 66.4 Å². The van der Waals surface area contributed by atoms with Gasteiger partial charge in [-0.05, 0) is 24.1 Å². The van der Waals surface area contributed by atoms with Crippen LogP contribution < -0.4 is 5.32 Å². The second kappa shape index (κ2) is 6.25. The molecule has 0 aliphatic rings. The number of nitrogens with one attached hydrogen (secondary N) is 1. The first-order valence-electron chi connectivity index (χ1n) is 5.29. The monoisotopic (exact) mass is 255 g/mol. The van der Waals surface area contributed by atoms with Gasteiger partial charge < -0.3 is 10.4 Å². The molecule has 1 amide bonds. The van der Waals surface area contributed by atoms with Crippen LogP contribution in [0.15, 0.2) is 24.3 Å². The summed E-state index contributed by atoms with van der Waals surface area (Å²) >= 11 is 5.72. The molecule has 1 aromatic rings. The van der Waals surface area contributed by atoms with Crippen molar-refractivity contribution in [3.8, 4) is 0 Å². The molecule has 4 nitrogen and oxygen atoms in total. The van der Waals surface area contributed by atoms with E-state index in [9.17, 15) is 9.59 Å². The van der Waals surface area contributed by atoms with Crippen molar-refractivity contribution in [1.29, 1.82) is 0 Å². The molecule has 0 fully saturated rings. The molecule has 1 rings (SSSR count). The highest BCUT2D eigenvalue weighted by molar-refractivity contribution is 6.30. The number of carbonyl (C=O) groups excluding carboxylic acids is 1. The predicted molar refractivity (Wildman–Crippen MR) is 65.0 cm³/mol. The number of carboxylic acid groups (broad SMARTS) is 1. The SMILES string of the molecule is CCC(NC(=O)Cc1ccc(Cl)cc1)C(=O)O. The van der Waals surface area contributed by atoms with Crippen molar-refractivity contribution in [1.82, 2.24) is 5.32 Å². The molecule has 17 heavy (non-hydrogen) atoms. The molecule has 0 radical (unpaired) electrons. The van der Waals surface area contributed by atoms with Crippen LogP contribution in [0, 0.1) is 0 Å². The fourth-order valence-corrected chi connectivity index (χ4v) is 1.50. The molecule has 0 aromatic heterocycles. The molecule has 0 aliphatic carbocycles. The van der Waals surface area contributed by atoms with E-state index >= 15 is 0 Å². The zero-order chi connectivity index (χ0) is 12.8. The van der Waals surface area contributed by atoms with Gasteiger partial charge in [0.15, 0.2) is 0 Å². The third-order valence-electron chi connectivity index (χ3n) is 2.32. The lowest BCUT2D eigenvalue weighted by atomic mass is 10.1. The number of aliphatic carboxylic acids is 1. The van der Waals surface area contributed by atoms with Crippen molar-refractivity contribution in [2.24, 2.45) is 0 Å². The molecule has 0 saturated carbocycles. The summed E-state index contributed by atoms with van der Waals surface area (Å²) < 4.78 is 0. The van der Waals surface area contributed by atoms with Crippen LogP contribution in [0.3, 0.4) is 0 Å². The quantitative estimate of drug-likeness (QED) is 0.844. The van der Waals surface area contributed by atoms with E-state index in [2.05, 4.69) is 5.32 Å². The third-order valence-corrected chi connectivity index (χ3v) is 2.57. The van der Waals surface area contributed by atoms with Crippen LogP contribution in [0.2, 0.25) is 5.02 Å². The van der Waals surface area contributed by atoms with Gasteiger partial charge in [0.05, 0.1) is 6.42 Å². The Kier molecular flexibility index (Phi) is 4.97. The van der Waals surface area contributed by atoms with Crippen LogP contribution >= 0.6 is 11.6 Å². The van der Waals surface area contributed by atoms with Crippen molar-refractivity contribution >= 4 is 23.5 Å². The van der Waals surface area contributed by atoms with E-state index < -0.39 is 12.0 Å². The highest BCUT2D eigenvalue weighted by Crippen LogP contribution is 2.09. The summed E-state index contributed by atoms with van der Waals surface area (Å²) in [6, 6.07) is 6.04. The minimum absolute atomic E-state index is 0.154. The molecule has 1 unspecified atom stereocenters. The second-order valence-electron chi connectivity index (χ2n) is 3.67. The van der Waals surface area contributed by atoms with Crippen LogP contribution in [0.5, 0.6) is 0 Å². The molecule has 92 valence electrons. The van der Waals surface area contributed by atoms with E-state index in [1.54, 1.807) is 31.2 Å². The van der Waals surface area contributed by atoms with Gasteiger partial charge in [0.25, 0.3) is 0 Å². The highest BCUT2D eigenvalue weighted by atomic mass is 35.5.